The molecular formula is C39H32N4. The molecule has 4 heteroatoms. The van der Waals surface area contributed by atoms with Gasteiger partial charge in [-0.25, -0.2) is 0 Å². The van der Waals surface area contributed by atoms with Crippen LogP contribution in [-0.2, 0) is 5.54 Å². The Kier molecular flexibility index (Phi) is 5.92. The summed E-state index contributed by atoms with van der Waals surface area (Å²) in [6.07, 6.45) is 11.3. The number of para-hydroxylation sites is 2. The van der Waals surface area contributed by atoms with Gasteiger partial charge >= 0.3 is 0 Å². The van der Waals surface area contributed by atoms with Crippen molar-refractivity contribution in [1.82, 2.24) is 9.13 Å². The van der Waals surface area contributed by atoms with Crippen molar-refractivity contribution >= 4 is 50.0 Å². The molecule has 43 heavy (non-hydrogen) atoms. The van der Waals surface area contributed by atoms with Gasteiger partial charge in [-0.3, -0.25) is 4.99 Å². The first-order valence-corrected chi connectivity index (χ1v) is 14.9. The SMILES string of the molecule is CC1(n2c3ccccc3c3cc(-c4ccc5c(c4)c4ccccc4n5C=NC(N)c4ccccc4)ccc32)C=CC=CC1. The number of fused-ring (bicyclic) bond motifs is 6. The van der Waals surface area contributed by atoms with Gasteiger partial charge in [0.05, 0.1) is 22.9 Å². The van der Waals surface area contributed by atoms with E-state index in [1.165, 1.54) is 43.7 Å². The molecule has 0 aliphatic heterocycles. The fourth-order valence-electron chi connectivity index (χ4n) is 6.77. The van der Waals surface area contributed by atoms with Crippen LogP contribution in [0.5, 0.6) is 0 Å². The van der Waals surface area contributed by atoms with Crippen molar-refractivity contribution in [3.63, 3.8) is 0 Å². The number of nitrogens with zero attached hydrogens (tertiary/aromatic N) is 3. The summed E-state index contributed by atoms with van der Waals surface area (Å²) in [4.78, 5) is 4.73. The maximum atomic E-state index is 6.42. The van der Waals surface area contributed by atoms with Crippen molar-refractivity contribution in [2.45, 2.75) is 25.0 Å². The van der Waals surface area contributed by atoms with Gasteiger partial charge in [0.2, 0.25) is 0 Å². The van der Waals surface area contributed by atoms with Crippen molar-refractivity contribution < 1.29 is 0 Å². The number of allylic oxidation sites excluding steroid dienone is 4. The number of aromatic nitrogens is 2. The third-order valence-corrected chi connectivity index (χ3v) is 8.94. The van der Waals surface area contributed by atoms with E-state index in [2.05, 4.69) is 125 Å². The Labute approximate surface area is 250 Å². The fourth-order valence-corrected chi connectivity index (χ4v) is 6.77. The Bertz CT molecular complexity index is 2250. The normalized spacial score (nSPS) is 17.6. The van der Waals surface area contributed by atoms with Gasteiger partial charge < -0.3 is 14.9 Å². The molecular weight excluding hydrogens is 524 g/mol. The van der Waals surface area contributed by atoms with Crippen molar-refractivity contribution in [2.24, 2.45) is 10.7 Å². The minimum Gasteiger partial charge on any atom is -0.331 e. The summed E-state index contributed by atoms with van der Waals surface area (Å²) in [6.45, 7) is 2.33. The van der Waals surface area contributed by atoms with E-state index in [0.29, 0.717) is 0 Å². The van der Waals surface area contributed by atoms with Crippen molar-refractivity contribution in [3.05, 3.63) is 145 Å². The van der Waals surface area contributed by atoms with Crippen LogP contribution in [-0.4, -0.2) is 15.5 Å². The molecule has 7 aromatic rings. The summed E-state index contributed by atoms with van der Waals surface area (Å²) in [7, 11) is 0. The van der Waals surface area contributed by atoms with E-state index in [4.69, 9.17) is 10.7 Å². The first-order valence-electron chi connectivity index (χ1n) is 14.9. The lowest BCUT2D eigenvalue weighted by Gasteiger charge is -2.31. The van der Waals surface area contributed by atoms with Crippen LogP contribution in [0.2, 0.25) is 0 Å². The van der Waals surface area contributed by atoms with Gasteiger partial charge in [-0.15, -0.1) is 0 Å². The monoisotopic (exact) mass is 556 g/mol. The van der Waals surface area contributed by atoms with Crippen LogP contribution in [0.15, 0.2) is 145 Å². The Morgan fingerprint density at radius 1 is 0.674 bits per heavy atom. The molecule has 2 unspecified atom stereocenters. The van der Waals surface area contributed by atoms with Crippen LogP contribution in [0.1, 0.15) is 25.1 Å². The van der Waals surface area contributed by atoms with Crippen molar-refractivity contribution in [2.75, 3.05) is 0 Å². The first kappa shape index (κ1) is 25.5. The smallest absolute Gasteiger partial charge is 0.124 e. The third-order valence-electron chi connectivity index (χ3n) is 8.94. The maximum absolute atomic E-state index is 6.42. The number of rotatable bonds is 5. The van der Waals surface area contributed by atoms with Crippen LogP contribution >= 0.6 is 0 Å². The zero-order valence-electron chi connectivity index (χ0n) is 24.1. The van der Waals surface area contributed by atoms with E-state index in [-0.39, 0.29) is 5.54 Å². The number of nitrogens with two attached hydrogens (primary N) is 1. The molecule has 208 valence electrons. The summed E-state index contributed by atoms with van der Waals surface area (Å²) in [5, 5.41) is 4.96. The lowest BCUT2D eigenvalue weighted by molar-refractivity contribution is 0.437. The Balaban J connectivity index is 1.26. The molecule has 0 amide bonds. The van der Waals surface area contributed by atoms with Crippen LogP contribution in [0, 0.1) is 0 Å². The molecule has 0 saturated carbocycles. The van der Waals surface area contributed by atoms with Crippen molar-refractivity contribution in [1.29, 1.82) is 0 Å². The molecule has 0 spiro atoms. The van der Waals surface area contributed by atoms with Crippen molar-refractivity contribution in [3.8, 4) is 11.1 Å². The quantitative estimate of drug-likeness (QED) is 0.167. The number of aliphatic imine (C=N–C) groups is 1. The Morgan fingerprint density at radius 3 is 1.98 bits per heavy atom. The highest BCUT2D eigenvalue weighted by Gasteiger charge is 2.27. The fraction of sp³-hybridized carbons (Fsp3) is 0.103. The second kappa shape index (κ2) is 9.97. The predicted octanol–water partition coefficient (Wildman–Crippen LogP) is 9.33. The molecule has 2 heterocycles. The molecule has 5 aromatic carbocycles. The number of benzene rings is 5. The van der Waals surface area contributed by atoms with E-state index in [9.17, 15) is 0 Å². The highest BCUT2D eigenvalue weighted by Crippen LogP contribution is 2.40. The second-order valence-electron chi connectivity index (χ2n) is 11.7. The summed E-state index contributed by atoms with van der Waals surface area (Å²) >= 11 is 0. The van der Waals surface area contributed by atoms with E-state index in [1.807, 2.05) is 36.7 Å². The molecule has 0 fully saturated rings. The van der Waals surface area contributed by atoms with E-state index >= 15 is 0 Å². The molecule has 0 radical (unpaired) electrons. The van der Waals surface area contributed by atoms with E-state index < -0.39 is 6.17 Å². The first-order chi connectivity index (χ1) is 21.1. The second-order valence-corrected chi connectivity index (χ2v) is 11.7. The highest BCUT2D eigenvalue weighted by molar-refractivity contribution is 6.13. The summed E-state index contributed by atoms with van der Waals surface area (Å²) < 4.78 is 4.67. The van der Waals surface area contributed by atoms with Gasteiger partial charge in [0.25, 0.3) is 0 Å². The Morgan fingerprint density at radius 2 is 1.26 bits per heavy atom. The Hall–Kier alpha value is -5.19. The predicted molar refractivity (Wildman–Crippen MR) is 182 cm³/mol. The largest absolute Gasteiger partial charge is 0.331 e. The van der Waals surface area contributed by atoms with Gasteiger partial charge in [0.15, 0.2) is 0 Å². The summed E-state index contributed by atoms with van der Waals surface area (Å²) in [5.41, 5.74) is 14.4. The molecule has 1 aliphatic carbocycles. The minimum atomic E-state index is -0.423. The zero-order valence-corrected chi connectivity index (χ0v) is 24.1. The number of hydrogen-bond acceptors (Lipinski definition) is 2. The summed E-state index contributed by atoms with van der Waals surface area (Å²) in [5.74, 6) is 0. The van der Waals surface area contributed by atoms with Gasteiger partial charge in [0.1, 0.15) is 6.17 Å². The van der Waals surface area contributed by atoms with Gasteiger partial charge in [-0.2, -0.15) is 0 Å². The standard InChI is InChI=1S/C39H32N4/c1-39(22-10-3-11-23-39)43-36-17-9-7-15-31(36)33-25-29(19-21-37(33)43)28-18-20-35-32(24-28)30-14-6-8-16-34(30)42(35)26-41-38(40)27-12-4-2-5-13-27/h2-22,24-26,38H,23,40H2,1H3. The lowest BCUT2D eigenvalue weighted by Crippen LogP contribution is -2.27. The molecule has 8 rings (SSSR count). The molecule has 2 aromatic heterocycles. The molecule has 2 atom stereocenters. The molecule has 1 aliphatic rings. The molecule has 4 nitrogen and oxygen atoms in total. The summed E-state index contributed by atoms with van der Waals surface area (Å²) in [6, 6.07) is 41.0. The zero-order chi connectivity index (χ0) is 29.0. The van der Waals surface area contributed by atoms with Gasteiger partial charge in [-0.05, 0) is 66.4 Å². The van der Waals surface area contributed by atoms with Gasteiger partial charge in [0, 0.05) is 32.6 Å². The van der Waals surface area contributed by atoms with Crippen LogP contribution in [0.3, 0.4) is 0 Å². The lowest BCUT2D eigenvalue weighted by atomic mass is 9.92. The minimum absolute atomic E-state index is 0.108. The van der Waals surface area contributed by atoms with Crippen LogP contribution in [0.25, 0.3) is 54.7 Å². The topological polar surface area (TPSA) is 48.2 Å². The van der Waals surface area contributed by atoms with Gasteiger partial charge in [-0.1, -0.05) is 103 Å². The molecule has 0 saturated heterocycles. The third kappa shape index (κ3) is 4.14. The van der Waals surface area contributed by atoms with Crippen LogP contribution < -0.4 is 5.73 Å². The average molecular weight is 557 g/mol. The average Bonchev–Trinajstić information content (AvgIpc) is 3.57. The van der Waals surface area contributed by atoms with E-state index in [0.717, 1.165) is 23.0 Å². The maximum Gasteiger partial charge on any atom is 0.124 e. The molecule has 0 bridgehead atoms. The van der Waals surface area contributed by atoms with Crippen LogP contribution in [0.4, 0.5) is 0 Å². The number of hydrogen-bond donors (Lipinski definition) is 1. The molecule has 2 N–H and O–H groups in total. The highest BCUT2D eigenvalue weighted by atomic mass is 15.1. The van der Waals surface area contributed by atoms with E-state index in [1.54, 1.807) is 0 Å².